The number of nitrogens with zero attached hydrogens (tertiary/aromatic N) is 3. The molecule has 0 radical (unpaired) electrons. The second kappa shape index (κ2) is 9.27. The zero-order valence-corrected chi connectivity index (χ0v) is 15.6. The third kappa shape index (κ3) is 5.48. The van der Waals surface area contributed by atoms with Crippen molar-refractivity contribution in [2.45, 2.75) is 19.6 Å². The summed E-state index contributed by atoms with van der Waals surface area (Å²) in [6, 6.07) is 13.4. The van der Waals surface area contributed by atoms with E-state index < -0.39 is 24.0 Å². The molecule has 29 heavy (non-hydrogen) atoms. The molecule has 0 aliphatic rings. The van der Waals surface area contributed by atoms with E-state index in [1.165, 1.54) is 19.2 Å². The molecule has 0 saturated carbocycles. The molecule has 148 valence electrons. The lowest BCUT2D eigenvalue weighted by Gasteiger charge is -2.13. The SMILES string of the molecule is CC(OC(=O)c1ccc(-n2cccn2)nc1)C(=O)NC(=O)NCc1ccccc1. The van der Waals surface area contributed by atoms with Gasteiger partial charge in [-0.2, -0.15) is 5.10 Å². The Balaban J connectivity index is 1.48. The molecule has 9 nitrogen and oxygen atoms in total. The molecule has 3 rings (SSSR count). The minimum absolute atomic E-state index is 0.175. The summed E-state index contributed by atoms with van der Waals surface area (Å²) in [6.45, 7) is 1.64. The van der Waals surface area contributed by atoms with Crippen LogP contribution in [0.3, 0.4) is 0 Å². The Morgan fingerprint density at radius 2 is 1.90 bits per heavy atom. The number of rotatable bonds is 6. The largest absolute Gasteiger partial charge is 0.449 e. The van der Waals surface area contributed by atoms with E-state index >= 15 is 0 Å². The van der Waals surface area contributed by atoms with Crippen LogP contribution in [0, 0.1) is 0 Å². The minimum atomic E-state index is -1.16. The van der Waals surface area contributed by atoms with E-state index in [0.29, 0.717) is 5.82 Å². The monoisotopic (exact) mass is 393 g/mol. The summed E-state index contributed by atoms with van der Waals surface area (Å²) in [5.74, 6) is -0.922. The highest BCUT2D eigenvalue weighted by molar-refractivity contribution is 5.98. The van der Waals surface area contributed by atoms with Crippen LogP contribution in [0.1, 0.15) is 22.8 Å². The van der Waals surface area contributed by atoms with E-state index in [1.54, 1.807) is 29.2 Å². The number of amides is 3. The Kier molecular flexibility index (Phi) is 6.31. The van der Waals surface area contributed by atoms with Gasteiger partial charge in [-0.3, -0.25) is 10.1 Å². The standard InChI is InChI=1S/C20H19N5O4/c1-14(18(26)24-20(28)22-12-15-6-3-2-4-7-15)29-19(27)16-8-9-17(21-13-16)25-11-5-10-23-25/h2-11,13-14H,12H2,1H3,(H2,22,24,26,28). The van der Waals surface area contributed by atoms with Gasteiger partial charge in [0.05, 0.1) is 5.56 Å². The molecule has 0 spiro atoms. The number of hydrogen-bond donors (Lipinski definition) is 2. The van der Waals surface area contributed by atoms with Crippen LogP contribution in [0.4, 0.5) is 4.79 Å². The molecule has 1 atom stereocenters. The number of benzene rings is 1. The van der Waals surface area contributed by atoms with Gasteiger partial charge >= 0.3 is 12.0 Å². The lowest BCUT2D eigenvalue weighted by molar-refractivity contribution is -0.127. The number of esters is 1. The molecule has 9 heteroatoms. The summed E-state index contributed by atoms with van der Waals surface area (Å²) in [5.41, 5.74) is 1.06. The topological polar surface area (TPSA) is 115 Å². The van der Waals surface area contributed by atoms with Gasteiger partial charge in [-0.25, -0.2) is 19.3 Å². The number of imide groups is 1. The highest BCUT2D eigenvalue weighted by Crippen LogP contribution is 2.07. The molecule has 1 aromatic carbocycles. The average Bonchev–Trinajstić information content (AvgIpc) is 3.28. The molecule has 2 aromatic heterocycles. The molecule has 0 aliphatic carbocycles. The van der Waals surface area contributed by atoms with Crippen molar-refractivity contribution in [3.05, 3.63) is 78.2 Å². The predicted molar refractivity (Wildman–Crippen MR) is 103 cm³/mol. The zero-order valence-electron chi connectivity index (χ0n) is 15.6. The van der Waals surface area contributed by atoms with Crippen molar-refractivity contribution >= 4 is 17.9 Å². The maximum Gasteiger partial charge on any atom is 0.340 e. The normalized spacial score (nSPS) is 11.3. The molecule has 0 bridgehead atoms. The number of pyridine rings is 1. The van der Waals surface area contributed by atoms with Crippen LogP contribution in [-0.2, 0) is 16.1 Å². The van der Waals surface area contributed by atoms with Gasteiger partial charge in [-0.15, -0.1) is 0 Å². The number of aromatic nitrogens is 3. The lowest BCUT2D eigenvalue weighted by Crippen LogP contribution is -2.44. The summed E-state index contributed by atoms with van der Waals surface area (Å²) >= 11 is 0. The van der Waals surface area contributed by atoms with E-state index in [9.17, 15) is 14.4 Å². The first-order valence-electron chi connectivity index (χ1n) is 8.82. The van der Waals surface area contributed by atoms with E-state index in [4.69, 9.17) is 4.74 Å². The molecule has 0 fully saturated rings. The first-order valence-corrected chi connectivity index (χ1v) is 8.82. The molecule has 1 unspecified atom stereocenters. The van der Waals surface area contributed by atoms with Gasteiger partial charge in [0.1, 0.15) is 0 Å². The molecule has 3 aromatic rings. The lowest BCUT2D eigenvalue weighted by atomic mass is 10.2. The summed E-state index contributed by atoms with van der Waals surface area (Å²) < 4.78 is 6.64. The van der Waals surface area contributed by atoms with Crippen LogP contribution in [0.5, 0.6) is 0 Å². The van der Waals surface area contributed by atoms with E-state index in [1.807, 2.05) is 30.3 Å². The molecule has 2 heterocycles. The highest BCUT2D eigenvalue weighted by Gasteiger charge is 2.21. The zero-order chi connectivity index (χ0) is 20.6. The maximum atomic E-state index is 12.2. The fourth-order valence-corrected chi connectivity index (χ4v) is 2.36. The molecular formula is C20H19N5O4. The third-order valence-corrected chi connectivity index (χ3v) is 3.91. The Morgan fingerprint density at radius 3 is 2.55 bits per heavy atom. The van der Waals surface area contributed by atoms with Crippen molar-refractivity contribution in [2.75, 3.05) is 0 Å². The Hall–Kier alpha value is -4.01. The van der Waals surface area contributed by atoms with Crippen molar-refractivity contribution in [2.24, 2.45) is 0 Å². The summed E-state index contributed by atoms with van der Waals surface area (Å²) in [6.07, 6.45) is 3.50. The van der Waals surface area contributed by atoms with E-state index in [0.717, 1.165) is 5.56 Å². The Morgan fingerprint density at radius 1 is 1.10 bits per heavy atom. The van der Waals surface area contributed by atoms with E-state index in [2.05, 4.69) is 20.7 Å². The van der Waals surface area contributed by atoms with Crippen LogP contribution in [0.15, 0.2) is 67.1 Å². The number of ether oxygens (including phenoxy) is 1. The molecule has 0 saturated heterocycles. The van der Waals surface area contributed by atoms with Crippen LogP contribution in [0.2, 0.25) is 0 Å². The van der Waals surface area contributed by atoms with Gasteiger partial charge < -0.3 is 10.1 Å². The summed E-state index contributed by atoms with van der Waals surface area (Å²) in [7, 11) is 0. The molecule has 2 N–H and O–H groups in total. The molecule has 3 amide bonds. The average molecular weight is 393 g/mol. The van der Waals surface area contributed by atoms with Crippen molar-refractivity contribution in [1.82, 2.24) is 25.4 Å². The van der Waals surface area contributed by atoms with Crippen molar-refractivity contribution in [3.63, 3.8) is 0 Å². The number of nitrogens with one attached hydrogen (secondary N) is 2. The van der Waals surface area contributed by atoms with Gasteiger partial charge in [0.15, 0.2) is 11.9 Å². The first-order chi connectivity index (χ1) is 14.0. The fraction of sp³-hybridized carbons (Fsp3) is 0.150. The number of hydrogen-bond acceptors (Lipinski definition) is 6. The van der Waals surface area contributed by atoms with Gasteiger partial charge in [-0.05, 0) is 30.7 Å². The number of carbonyl (C=O) groups is 3. The Labute approximate surface area is 166 Å². The summed E-state index contributed by atoms with van der Waals surface area (Å²) in [4.78, 5) is 40.2. The highest BCUT2D eigenvalue weighted by atomic mass is 16.5. The second-order valence-corrected chi connectivity index (χ2v) is 6.06. The van der Waals surface area contributed by atoms with Crippen LogP contribution in [-0.4, -0.2) is 38.8 Å². The third-order valence-electron chi connectivity index (χ3n) is 3.91. The quantitative estimate of drug-likeness (QED) is 0.618. The van der Waals surface area contributed by atoms with Gasteiger partial charge in [-0.1, -0.05) is 30.3 Å². The Bertz CT molecular complexity index is 972. The van der Waals surface area contributed by atoms with Gasteiger partial charge in [0.2, 0.25) is 0 Å². The van der Waals surface area contributed by atoms with Crippen molar-refractivity contribution in [3.8, 4) is 5.82 Å². The molecule has 0 aliphatic heterocycles. The second-order valence-electron chi connectivity index (χ2n) is 6.06. The minimum Gasteiger partial charge on any atom is -0.449 e. The van der Waals surface area contributed by atoms with Crippen molar-refractivity contribution in [1.29, 1.82) is 0 Å². The summed E-state index contributed by atoms with van der Waals surface area (Å²) in [5, 5.41) is 8.74. The number of urea groups is 1. The van der Waals surface area contributed by atoms with E-state index in [-0.39, 0.29) is 12.1 Å². The van der Waals surface area contributed by atoms with Crippen LogP contribution >= 0.6 is 0 Å². The first kappa shape index (κ1) is 19.7. The maximum absolute atomic E-state index is 12.2. The molecular weight excluding hydrogens is 374 g/mol. The fourth-order valence-electron chi connectivity index (χ4n) is 2.36. The van der Waals surface area contributed by atoms with Gasteiger partial charge in [0.25, 0.3) is 5.91 Å². The van der Waals surface area contributed by atoms with Gasteiger partial charge in [0, 0.05) is 25.1 Å². The smallest absolute Gasteiger partial charge is 0.340 e. The van der Waals surface area contributed by atoms with Crippen molar-refractivity contribution < 1.29 is 19.1 Å². The predicted octanol–water partition coefficient (Wildman–Crippen LogP) is 1.84. The van der Waals surface area contributed by atoms with Crippen LogP contribution in [0.25, 0.3) is 5.82 Å². The number of carbonyl (C=O) groups excluding carboxylic acids is 3. The van der Waals surface area contributed by atoms with Crippen LogP contribution < -0.4 is 10.6 Å².